The van der Waals surface area contributed by atoms with Crippen molar-refractivity contribution in [2.24, 2.45) is 0 Å². The molecule has 0 amide bonds. The summed E-state index contributed by atoms with van der Waals surface area (Å²) >= 11 is 0. The van der Waals surface area contributed by atoms with Gasteiger partial charge in [-0.3, -0.25) is 0 Å². The molecular formula is C14H10N2O2. The fourth-order valence-electron chi connectivity index (χ4n) is 1.35. The molecule has 0 radical (unpaired) electrons. The van der Waals surface area contributed by atoms with E-state index in [4.69, 9.17) is 20.1 Å². The number of nitriles is 1. The van der Waals surface area contributed by atoms with Gasteiger partial charge < -0.3 is 9.47 Å². The van der Waals surface area contributed by atoms with Crippen molar-refractivity contribution < 1.29 is 9.47 Å². The lowest BCUT2D eigenvalue weighted by atomic mass is 10.2. The molecule has 0 heterocycles. The SMILES string of the molecule is N#Cc1cccc(OC(=N)Oc2ccccc2)c1. The smallest absolute Gasteiger partial charge is 0.391 e. The molecule has 0 bridgehead atoms. The molecule has 1 N–H and O–H groups in total. The summed E-state index contributed by atoms with van der Waals surface area (Å²) in [5.74, 6) is 0.925. The maximum absolute atomic E-state index is 8.74. The summed E-state index contributed by atoms with van der Waals surface area (Å²) in [7, 11) is 0. The summed E-state index contributed by atoms with van der Waals surface area (Å²) in [6, 6.07) is 17.5. The summed E-state index contributed by atoms with van der Waals surface area (Å²) in [6.07, 6.45) is -0.337. The van der Waals surface area contributed by atoms with E-state index in [2.05, 4.69) is 0 Å². The third-order valence-electron chi connectivity index (χ3n) is 2.13. The van der Waals surface area contributed by atoms with Crippen LogP contribution in [0.15, 0.2) is 54.6 Å². The van der Waals surface area contributed by atoms with E-state index >= 15 is 0 Å². The highest BCUT2D eigenvalue weighted by molar-refractivity contribution is 5.69. The van der Waals surface area contributed by atoms with Crippen LogP contribution in [0.25, 0.3) is 0 Å². The largest absolute Gasteiger partial charge is 0.411 e. The second-order valence-corrected chi connectivity index (χ2v) is 3.44. The third-order valence-corrected chi connectivity index (χ3v) is 2.13. The van der Waals surface area contributed by atoms with E-state index in [0.29, 0.717) is 17.1 Å². The summed E-state index contributed by atoms with van der Waals surface area (Å²) in [6.45, 7) is 0. The molecule has 0 aliphatic carbocycles. The average Bonchev–Trinajstić information content (AvgIpc) is 2.40. The molecule has 2 aromatic carbocycles. The molecular weight excluding hydrogens is 228 g/mol. The van der Waals surface area contributed by atoms with Gasteiger partial charge in [0.15, 0.2) is 0 Å². The molecule has 4 heteroatoms. The van der Waals surface area contributed by atoms with Crippen LogP contribution in [-0.4, -0.2) is 6.08 Å². The fraction of sp³-hybridized carbons (Fsp3) is 0. The van der Waals surface area contributed by atoms with Gasteiger partial charge in [0.05, 0.1) is 11.6 Å². The highest BCUT2D eigenvalue weighted by atomic mass is 16.7. The van der Waals surface area contributed by atoms with Gasteiger partial charge in [-0.25, -0.2) is 5.41 Å². The van der Waals surface area contributed by atoms with E-state index in [1.807, 2.05) is 12.1 Å². The Morgan fingerprint density at radius 3 is 2.33 bits per heavy atom. The minimum atomic E-state index is -0.337. The van der Waals surface area contributed by atoms with Crippen LogP contribution in [0, 0.1) is 16.7 Å². The van der Waals surface area contributed by atoms with Gasteiger partial charge in [0.25, 0.3) is 0 Å². The van der Waals surface area contributed by atoms with Crippen molar-refractivity contribution >= 4 is 6.08 Å². The number of nitrogens with zero attached hydrogens (tertiary/aromatic N) is 1. The highest BCUT2D eigenvalue weighted by Crippen LogP contribution is 2.14. The van der Waals surface area contributed by atoms with Crippen LogP contribution in [0.2, 0.25) is 0 Å². The first-order valence-electron chi connectivity index (χ1n) is 5.27. The molecule has 4 nitrogen and oxygen atoms in total. The van der Waals surface area contributed by atoms with Gasteiger partial charge in [0.2, 0.25) is 0 Å². The zero-order chi connectivity index (χ0) is 12.8. The zero-order valence-corrected chi connectivity index (χ0v) is 9.46. The van der Waals surface area contributed by atoms with Gasteiger partial charge in [0, 0.05) is 0 Å². The summed E-state index contributed by atoms with van der Waals surface area (Å²) in [5.41, 5.74) is 0.472. The number of hydrogen-bond donors (Lipinski definition) is 1. The lowest BCUT2D eigenvalue weighted by Crippen LogP contribution is -2.14. The van der Waals surface area contributed by atoms with Crippen molar-refractivity contribution in [1.29, 1.82) is 10.7 Å². The number of hydrogen-bond acceptors (Lipinski definition) is 4. The average molecular weight is 238 g/mol. The van der Waals surface area contributed by atoms with Crippen LogP contribution < -0.4 is 9.47 Å². The quantitative estimate of drug-likeness (QED) is 0.646. The Hall–Kier alpha value is -2.80. The zero-order valence-electron chi connectivity index (χ0n) is 9.46. The molecule has 0 aliphatic rings. The van der Waals surface area contributed by atoms with E-state index in [-0.39, 0.29) is 6.08 Å². The van der Waals surface area contributed by atoms with Crippen molar-refractivity contribution in [3.63, 3.8) is 0 Å². The van der Waals surface area contributed by atoms with Gasteiger partial charge >= 0.3 is 6.08 Å². The van der Waals surface area contributed by atoms with Crippen molar-refractivity contribution in [1.82, 2.24) is 0 Å². The second-order valence-electron chi connectivity index (χ2n) is 3.44. The van der Waals surface area contributed by atoms with E-state index in [9.17, 15) is 0 Å². The molecule has 0 fully saturated rings. The highest BCUT2D eigenvalue weighted by Gasteiger charge is 2.04. The van der Waals surface area contributed by atoms with Crippen molar-refractivity contribution in [2.75, 3.05) is 0 Å². The molecule has 0 spiro atoms. The summed E-state index contributed by atoms with van der Waals surface area (Å²) in [4.78, 5) is 0. The van der Waals surface area contributed by atoms with Gasteiger partial charge in [-0.2, -0.15) is 5.26 Å². The number of ether oxygens (including phenoxy) is 2. The standard InChI is InChI=1S/C14H10N2O2/c15-10-11-5-4-8-13(9-11)18-14(16)17-12-6-2-1-3-7-12/h1-9,16H. The minimum absolute atomic E-state index is 0.337. The maximum Gasteiger partial charge on any atom is 0.391 e. The fourth-order valence-corrected chi connectivity index (χ4v) is 1.35. The van der Waals surface area contributed by atoms with Crippen LogP contribution in [0.1, 0.15) is 5.56 Å². The Bertz CT molecular complexity index is 588. The predicted octanol–water partition coefficient (Wildman–Crippen LogP) is 2.95. The Kier molecular flexibility index (Phi) is 3.57. The van der Waals surface area contributed by atoms with Crippen molar-refractivity contribution in [3.8, 4) is 17.6 Å². The monoisotopic (exact) mass is 238 g/mol. The van der Waals surface area contributed by atoms with Gasteiger partial charge in [-0.05, 0) is 30.3 Å². The molecule has 0 saturated carbocycles. The Labute approximate surface area is 105 Å². The van der Waals surface area contributed by atoms with Crippen LogP contribution in [0.4, 0.5) is 0 Å². The number of para-hydroxylation sites is 1. The minimum Gasteiger partial charge on any atom is -0.411 e. The lowest BCUT2D eigenvalue weighted by molar-refractivity contribution is 0.379. The first-order chi connectivity index (χ1) is 8.78. The van der Waals surface area contributed by atoms with E-state index < -0.39 is 0 Å². The molecule has 88 valence electrons. The second kappa shape index (κ2) is 5.51. The first-order valence-corrected chi connectivity index (χ1v) is 5.27. The Morgan fingerprint density at radius 1 is 0.944 bits per heavy atom. The predicted molar refractivity (Wildman–Crippen MR) is 66.6 cm³/mol. The van der Waals surface area contributed by atoms with Gasteiger partial charge in [0.1, 0.15) is 11.5 Å². The topological polar surface area (TPSA) is 66.1 Å². The molecule has 18 heavy (non-hydrogen) atoms. The third kappa shape index (κ3) is 3.09. The Morgan fingerprint density at radius 2 is 1.61 bits per heavy atom. The summed E-state index contributed by atoms with van der Waals surface area (Å²) < 4.78 is 10.3. The lowest BCUT2D eigenvalue weighted by Gasteiger charge is -2.07. The van der Waals surface area contributed by atoms with Crippen LogP contribution in [0.5, 0.6) is 11.5 Å². The molecule has 2 aromatic rings. The van der Waals surface area contributed by atoms with Crippen molar-refractivity contribution in [3.05, 3.63) is 60.2 Å². The maximum atomic E-state index is 8.74. The van der Waals surface area contributed by atoms with E-state index in [1.54, 1.807) is 48.5 Å². The van der Waals surface area contributed by atoms with E-state index in [1.165, 1.54) is 0 Å². The Balaban J connectivity index is 2.01. The summed E-state index contributed by atoms with van der Waals surface area (Å²) in [5, 5.41) is 16.3. The molecule has 0 aromatic heterocycles. The van der Waals surface area contributed by atoms with Crippen LogP contribution in [0.3, 0.4) is 0 Å². The first kappa shape index (κ1) is 11.7. The van der Waals surface area contributed by atoms with Gasteiger partial charge in [-0.15, -0.1) is 0 Å². The molecule has 2 rings (SSSR count). The van der Waals surface area contributed by atoms with E-state index in [0.717, 1.165) is 0 Å². The molecule has 0 atom stereocenters. The molecule has 0 saturated heterocycles. The van der Waals surface area contributed by atoms with Crippen LogP contribution >= 0.6 is 0 Å². The normalized spacial score (nSPS) is 9.28. The number of benzene rings is 2. The van der Waals surface area contributed by atoms with Gasteiger partial charge in [-0.1, -0.05) is 24.3 Å². The number of nitrogens with one attached hydrogen (secondary N) is 1. The van der Waals surface area contributed by atoms with Crippen molar-refractivity contribution in [2.45, 2.75) is 0 Å². The number of rotatable bonds is 2. The molecule has 0 unspecified atom stereocenters. The van der Waals surface area contributed by atoms with Crippen LogP contribution in [-0.2, 0) is 0 Å². The molecule has 0 aliphatic heterocycles.